The Morgan fingerprint density at radius 2 is 1.85 bits per heavy atom. The summed E-state index contributed by atoms with van der Waals surface area (Å²) in [6.45, 7) is 0. The number of nitrogens with two attached hydrogens (primary N) is 1. The Balaban J connectivity index is 2.26. The van der Waals surface area contributed by atoms with Gasteiger partial charge in [-0.25, -0.2) is 18.5 Å². The molecule has 0 aliphatic rings. The fourth-order valence-corrected chi connectivity index (χ4v) is 2.07. The maximum absolute atomic E-state index is 12.1. The summed E-state index contributed by atoms with van der Waals surface area (Å²) in [6.07, 6.45) is 4.25. The van der Waals surface area contributed by atoms with Crippen LogP contribution in [-0.2, 0) is 10.0 Å². The third kappa shape index (κ3) is 2.98. The number of carbonyl (C=O) groups is 1. The van der Waals surface area contributed by atoms with Gasteiger partial charge in [0.25, 0.3) is 5.91 Å². The minimum atomic E-state index is -3.74. The smallest absolute Gasteiger partial charge is 0.278 e. The lowest BCUT2D eigenvalue weighted by molar-refractivity contribution is 0.0988. The van der Waals surface area contributed by atoms with Crippen molar-refractivity contribution in [3.8, 4) is 0 Å². The Labute approximate surface area is 116 Å². The van der Waals surface area contributed by atoms with E-state index in [1.165, 1.54) is 47.8 Å². The molecule has 0 unspecified atom stereocenters. The summed E-state index contributed by atoms with van der Waals surface area (Å²) in [5.41, 5.74) is 0.721. The maximum atomic E-state index is 12.1. The molecule has 8 heteroatoms. The van der Waals surface area contributed by atoms with Crippen LogP contribution < -0.4 is 10.0 Å². The van der Waals surface area contributed by atoms with Crippen molar-refractivity contribution in [3.63, 3.8) is 0 Å². The maximum Gasteiger partial charge on any atom is 0.278 e. The Morgan fingerprint density at radius 1 is 1.20 bits per heavy atom. The Bertz CT molecular complexity index is 714. The fourth-order valence-electron chi connectivity index (χ4n) is 1.56. The Morgan fingerprint density at radius 3 is 2.35 bits per heavy atom. The molecule has 0 aliphatic carbocycles. The van der Waals surface area contributed by atoms with Gasteiger partial charge in [0.05, 0.1) is 11.1 Å². The lowest BCUT2D eigenvalue weighted by Crippen LogP contribution is -2.27. The molecule has 0 radical (unpaired) electrons. The molecule has 2 N–H and O–H groups in total. The van der Waals surface area contributed by atoms with Gasteiger partial charge in [-0.15, -0.1) is 0 Å². The molecule has 2 rings (SSSR count). The number of hydrogen-bond acceptors (Lipinski definition) is 5. The van der Waals surface area contributed by atoms with E-state index in [1.54, 1.807) is 7.05 Å². The minimum absolute atomic E-state index is 0.0124. The van der Waals surface area contributed by atoms with E-state index in [2.05, 4.69) is 9.97 Å². The van der Waals surface area contributed by atoms with Crippen molar-refractivity contribution < 1.29 is 13.2 Å². The molecule has 1 amide bonds. The molecule has 0 bridgehead atoms. The predicted octanol–water partition coefficient (Wildman–Crippen LogP) is 0.401. The fraction of sp³-hybridized carbons (Fsp3) is 0.0833. The van der Waals surface area contributed by atoms with E-state index < -0.39 is 10.0 Å². The van der Waals surface area contributed by atoms with E-state index in [0.717, 1.165) is 0 Å². The van der Waals surface area contributed by atoms with Crippen molar-refractivity contribution in [2.45, 2.75) is 4.90 Å². The van der Waals surface area contributed by atoms with E-state index in [1.807, 2.05) is 0 Å². The minimum Gasteiger partial charge on any atom is -0.310 e. The van der Waals surface area contributed by atoms with E-state index in [4.69, 9.17) is 5.14 Å². The second-order valence-corrected chi connectivity index (χ2v) is 5.56. The van der Waals surface area contributed by atoms with Crippen LogP contribution in [0.25, 0.3) is 0 Å². The molecule has 0 saturated carbocycles. The molecular weight excluding hydrogens is 280 g/mol. The highest BCUT2D eigenvalue weighted by atomic mass is 32.2. The number of aromatic nitrogens is 2. The average molecular weight is 292 g/mol. The lowest BCUT2D eigenvalue weighted by Gasteiger charge is -2.16. The van der Waals surface area contributed by atoms with Gasteiger partial charge in [-0.05, 0) is 24.3 Å². The van der Waals surface area contributed by atoms with Crippen molar-refractivity contribution >= 4 is 21.6 Å². The van der Waals surface area contributed by atoms with Crippen molar-refractivity contribution in [1.82, 2.24) is 9.97 Å². The number of carbonyl (C=O) groups excluding carboxylic acids is 1. The number of amides is 1. The highest BCUT2D eigenvalue weighted by molar-refractivity contribution is 7.89. The molecule has 7 nitrogen and oxygen atoms in total. The molecular formula is C12H12N4O3S. The molecule has 0 atom stereocenters. The zero-order chi connectivity index (χ0) is 14.8. The summed E-state index contributed by atoms with van der Waals surface area (Å²) in [7, 11) is -2.18. The molecule has 0 fully saturated rings. The number of nitrogens with zero attached hydrogens (tertiary/aromatic N) is 3. The van der Waals surface area contributed by atoms with Gasteiger partial charge in [0.2, 0.25) is 10.0 Å². The second kappa shape index (κ2) is 5.35. The van der Waals surface area contributed by atoms with E-state index in [-0.39, 0.29) is 16.5 Å². The third-order valence-electron chi connectivity index (χ3n) is 2.64. The number of anilines is 1. The first-order valence-electron chi connectivity index (χ1n) is 5.56. The SMILES string of the molecule is CN(C(=O)c1cnccn1)c1ccc(S(N)(=O)=O)cc1. The highest BCUT2D eigenvalue weighted by Gasteiger charge is 2.15. The quantitative estimate of drug-likeness (QED) is 0.881. The number of benzene rings is 1. The van der Waals surface area contributed by atoms with E-state index in [9.17, 15) is 13.2 Å². The zero-order valence-electron chi connectivity index (χ0n) is 10.6. The van der Waals surface area contributed by atoms with Crippen molar-refractivity contribution in [3.05, 3.63) is 48.5 Å². The lowest BCUT2D eigenvalue weighted by atomic mass is 10.3. The van der Waals surface area contributed by atoms with Gasteiger partial charge in [-0.3, -0.25) is 9.78 Å². The first-order chi connectivity index (χ1) is 9.39. The van der Waals surface area contributed by atoms with Crippen molar-refractivity contribution in [2.24, 2.45) is 5.14 Å². The first-order valence-corrected chi connectivity index (χ1v) is 7.11. The van der Waals surface area contributed by atoms with Crippen LogP contribution in [0, 0.1) is 0 Å². The van der Waals surface area contributed by atoms with Gasteiger partial charge < -0.3 is 4.90 Å². The topological polar surface area (TPSA) is 106 Å². The van der Waals surface area contributed by atoms with Crippen LogP contribution in [0.3, 0.4) is 0 Å². The van der Waals surface area contributed by atoms with Crippen LogP contribution in [0.2, 0.25) is 0 Å². The second-order valence-electron chi connectivity index (χ2n) is 3.99. The van der Waals surface area contributed by atoms with Crippen LogP contribution in [0.5, 0.6) is 0 Å². The Hall–Kier alpha value is -2.32. The van der Waals surface area contributed by atoms with E-state index in [0.29, 0.717) is 5.69 Å². The van der Waals surface area contributed by atoms with Crippen LogP contribution in [-0.4, -0.2) is 31.3 Å². The standard InChI is InChI=1S/C12H12N4O3S/c1-16(12(17)11-8-14-6-7-15-11)9-2-4-10(5-3-9)20(13,18)19/h2-8H,1H3,(H2,13,18,19). The van der Waals surface area contributed by atoms with Gasteiger partial charge >= 0.3 is 0 Å². The first kappa shape index (κ1) is 14.1. The summed E-state index contributed by atoms with van der Waals surface area (Å²) >= 11 is 0. The number of rotatable bonds is 3. The molecule has 20 heavy (non-hydrogen) atoms. The number of sulfonamides is 1. The van der Waals surface area contributed by atoms with Crippen LogP contribution >= 0.6 is 0 Å². The monoisotopic (exact) mass is 292 g/mol. The normalized spacial score (nSPS) is 11.1. The van der Waals surface area contributed by atoms with Crippen molar-refractivity contribution in [2.75, 3.05) is 11.9 Å². The number of primary sulfonamides is 1. The molecule has 0 aliphatic heterocycles. The van der Waals surface area contributed by atoms with Crippen molar-refractivity contribution in [1.29, 1.82) is 0 Å². The molecule has 1 heterocycles. The summed E-state index contributed by atoms with van der Waals surface area (Å²) < 4.78 is 22.3. The Kier molecular flexibility index (Phi) is 3.77. The summed E-state index contributed by atoms with van der Waals surface area (Å²) in [6, 6.07) is 5.66. The zero-order valence-corrected chi connectivity index (χ0v) is 11.4. The van der Waals surface area contributed by atoms with Crippen LogP contribution in [0.15, 0.2) is 47.8 Å². The van der Waals surface area contributed by atoms with Gasteiger partial charge in [-0.1, -0.05) is 0 Å². The summed E-state index contributed by atoms with van der Waals surface area (Å²) in [4.78, 5) is 21.2. The van der Waals surface area contributed by atoms with Gasteiger partial charge in [0.15, 0.2) is 0 Å². The van der Waals surface area contributed by atoms with E-state index >= 15 is 0 Å². The molecule has 2 aromatic rings. The molecule has 0 spiro atoms. The molecule has 1 aromatic heterocycles. The average Bonchev–Trinajstić information content (AvgIpc) is 2.46. The largest absolute Gasteiger partial charge is 0.310 e. The summed E-state index contributed by atoms with van der Waals surface area (Å²) in [5.74, 6) is -0.346. The number of hydrogen-bond donors (Lipinski definition) is 1. The summed E-state index contributed by atoms with van der Waals surface area (Å²) in [5, 5.41) is 5.01. The van der Waals surface area contributed by atoms with Crippen LogP contribution in [0.4, 0.5) is 5.69 Å². The van der Waals surface area contributed by atoms with Crippen LogP contribution in [0.1, 0.15) is 10.5 Å². The predicted molar refractivity (Wildman–Crippen MR) is 72.6 cm³/mol. The van der Waals surface area contributed by atoms with Gasteiger partial charge in [0.1, 0.15) is 5.69 Å². The molecule has 0 saturated heterocycles. The highest BCUT2D eigenvalue weighted by Crippen LogP contribution is 2.17. The third-order valence-corrected chi connectivity index (χ3v) is 3.57. The molecule has 1 aromatic carbocycles. The van der Waals surface area contributed by atoms with Gasteiger partial charge in [-0.2, -0.15) is 0 Å². The van der Waals surface area contributed by atoms with Gasteiger partial charge in [0, 0.05) is 25.1 Å². The molecule has 104 valence electrons.